The Kier molecular flexibility index (Phi) is 3.17. The van der Waals surface area contributed by atoms with E-state index in [1.165, 1.54) is 0 Å². The van der Waals surface area contributed by atoms with Crippen molar-refractivity contribution in [2.75, 3.05) is 13.6 Å². The molecule has 0 radical (unpaired) electrons. The first-order chi connectivity index (χ1) is 7.81. The second-order valence-electron chi connectivity index (χ2n) is 3.61. The number of aromatic amines is 1. The molecule has 0 aliphatic rings. The summed E-state index contributed by atoms with van der Waals surface area (Å²) in [5.74, 6) is 0. The quantitative estimate of drug-likeness (QED) is 0.817. The third-order valence-electron chi connectivity index (χ3n) is 2.41. The van der Waals surface area contributed by atoms with Crippen LogP contribution in [0.3, 0.4) is 0 Å². The van der Waals surface area contributed by atoms with Crippen molar-refractivity contribution in [3.8, 4) is 0 Å². The number of likely N-dealkylation sites (N-methyl/N-ethyl adjacent to an activating group) is 1. The minimum absolute atomic E-state index is 0.0533. The zero-order valence-corrected chi connectivity index (χ0v) is 9.16. The Hall–Kier alpha value is -1.87. The van der Waals surface area contributed by atoms with Gasteiger partial charge in [0.2, 0.25) is 0 Å². The highest BCUT2D eigenvalue weighted by molar-refractivity contribution is 5.80. The van der Waals surface area contributed by atoms with Gasteiger partial charge >= 0.3 is 0 Å². The highest BCUT2D eigenvalue weighted by Gasteiger charge is 1.97. The van der Waals surface area contributed by atoms with Gasteiger partial charge in [-0.15, -0.1) is 0 Å². The fraction of sp³-hybridized carbons (Fsp3) is 0.154. The maximum Gasteiger partial charge on any atom is 0.189 e. The first-order valence-electron chi connectivity index (χ1n) is 5.24. The van der Waals surface area contributed by atoms with E-state index in [0.717, 1.165) is 23.0 Å². The van der Waals surface area contributed by atoms with Gasteiger partial charge in [-0.1, -0.05) is 18.2 Å². The Morgan fingerprint density at radius 3 is 3.06 bits per heavy atom. The topological polar surface area (TPSA) is 44.9 Å². The van der Waals surface area contributed by atoms with Crippen molar-refractivity contribution in [3.05, 3.63) is 52.3 Å². The fourth-order valence-corrected chi connectivity index (χ4v) is 1.61. The molecule has 2 N–H and O–H groups in total. The molecule has 0 saturated heterocycles. The molecule has 3 heteroatoms. The summed E-state index contributed by atoms with van der Waals surface area (Å²) in [6.45, 7) is 0.823. The molecule has 16 heavy (non-hydrogen) atoms. The third-order valence-corrected chi connectivity index (χ3v) is 2.41. The molecule has 0 saturated carbocycles. The van der Waals surface area contributed by atoms with Gasteiger partial charge in [-0.3, -0.25) is 4.79 Å². The summed E-state index contributed by atoms with van der Waals surface area (Å²) in [6.07, 6.45) is 5.70. The Morgan fingerprint density at radius 1 is 1.38 bits per heavy atom. The molecular weight excluding hydrogens is 200 g/mol. The smallest absolute Gasteiger partial charge is 0.189 e. The van der Waals surface area contributed by atoms with Crippen LogP contribution in [-0.2, 0) is 0 Å². The molecule has 0 aliphatic heterocycles. The largest absolute Gasteiger partial charge is 0.361 e. The van der Waals surface area contributed by atoms with Gasteiger partial charge in [-0.25, -0.2) is 0 Å². The second kappa shape index (κ2) is 4.77. The van der Waals surface area contributed by atoms with Gasteiger partial charge in [0.05, 0.1) is 0 Å². The van der Waals surface area contributed by atoms with Crippen LogP contribution in [0.25, 0.3) is 17.0 Å². The number of aromatic nitrogens is 1. The van der Waals surface area contributed by atoms with Crippen LogP contribution >= 0.6 is 0 Å². The van der Waals surface area contributed by atoms with Gasteiger partial charge in [-0.05, 0) is 24.7 Å². The van der Waals surface area contributed by atoms with E-state index < -0.39 is 0 Å². The molecule has 3 nitrogen and oxygen atoms in total. The molecular formula is C13H14N2O. The predicted octanol–water partition coefficient (Wildman–Crippen LogP) is 1.76. The van der Waals surface area contributed by atoms with Gasteiger partial charge in [-0.2, -0.15) is 0 Å². The fourth-order valence-electron chi connectivity index (χ4n) is 1.61. The average molecular weight is 214 g/mol. The summed E-state index contributed by atoms with van der Waals surface area (Å²) in [5, 5.41) is 3.76. The minimum atomic E-state index is 0.0533. The molecule has 0 amide bonds. The Balaban J connectivity index is 2.43. The summed E-state index contributed by atoms with van der Waals surface area (Å²) in [4.78, 5) is 14.7. The van der Waals surface area contributed by atoms with E-state index in [4.69, 9.17) is 0 Å². The molecule has 1 heterocycles. The van der Waals surface area contributed by atoms with Crippen LogP contribution in [-0.4, -0.2) is 18.6 Å². The molecule has 82 valence electrons. The number of fused-ring (bicyclic) bond motifs is 1. The van der Waals surface area contributed by atoms with E-state index in [1.807, 2.05) is 37.4 Å². The van der Waals surface area contributed by atoms with Crippen molar-refractivity contribution >= 4 is 17.0 Å². The zero-order chi connectivity index (χ0) is 11.4. The molecule has 0 aliphatic carbocycles. The van der Waals surface area contributed by atoms with Gasteiger partial charge in [0.15, 0.2) is 5.43 Å². The molecule has 1 aromatic carbocycles. The Bertz CT molecular complexity index is 569. The normalized spacial score (nSPS) is 11.3. The first-order valence-corrected chi connectivity index (χ1v) is 5.24. The van der Waals surface area contributed by atoms with E-state index in [1.54, 1.807) is 12.3 Å². The van der Waals surface area contributed by atoms with E-state index >= 15 is 0 Å². The van der Waals surface area contributed by atoms with Crippen LogP contribution in [0.15, 0.2) is 41.3 Å². The maximum atomic E-state index is 11.6. The lowest BCUT2D eigenvalue weighted by Gasteiger charge is -1.98. The Morgan fingerprint density at radius 2 is 2.25 bits per heavy atom. The van der Waals surface area contributed by atoms with Crippen LogP contribution in [0, 0.1) is 0 Å². The van der Waals surface area contributed by atoms with E-state index in [-0.39, 0.29) is 5.43 Å². The minimum Gasteiger partial charge on any atom is -0.361 e. The number of hydrogen-bond donors (Lipinski definition) is 2. The molecule has 0 unspecified atom stereocenters. The summed E-state index contributed by atoms with van der Waals surface area (Å²) in [5.41, 5.74) is 1.97. The highest BCUT2D eigenvalue weighted by atomic mass is 16.1. The summed E-state index contributed by atoms with van der Waals surface area (Å²) < 4.78 is 0. The molecule has 0 bridgehead atoms. The van der Waals surface area contributed by atoms with Crippen molar-refractivity contribution < 1.29 is 0 Å². The van der Waals surface area contributed by atoms with Crippen molar-refractivity contribution in [2.24, 2.45) is 0 Å². The van der Waals surface area contributed by atoms with Crippen LogP contribution in [0.1, 0.15) is 5.56 Å². The number of hydrogen-bond acceptors (Lipinski definition) is 2. The second-order valence-corrected chi connectivity index (χ2v) is 3.61. The van der Waals surface area contributed by atoms with Crippen LogP contribution < -0.4 is 10.7 Å². The monoisotopic (exact) mass is 214 g/mol. The third kappa shape index (κ3) is 2.20. The molecule has 0 atom stereocenters. The molecule has 1 aromatic heterocycles. The predicted molar refractivity (Wildman–Crippen MR) is 67.5 cm³/mol. The number of nitrogens with one attached hydrogen (secondary N) is 2. The number of pyridine rings is 1. The van der Waals surface area contributed by atoms with Gasteiger partial charge in [0.25, 0.3) is 0 Å². The van der Waals surface area contributed by atoms with Gasteiger partial charge in [0.1, 0.15) is 0 Å². The van der Waals surface area contributed by atoms with Gasteiger partial charge < -0.3 is 10.3 Å². The van der Waals surface area contributed by atoms with Crippen molar-refractivity contribution in [1.29, 1.82) is 0 Å². The molecule has 0 spiro atoms. The van der Waals surface area contributed by atoms with E-state index in [2.05, 4.69) is 10.3 Å². The number of rotatable bonds is 3. The number of benzene rings is 1. The van der Waals surface area contributed by atoms with E-state index in [0.29, 0.717) is 0 Å². The molecule has 0 fully saturated rings. The maximum absolute atomic E-state index is 11.6. The zero-order valence-electron chi connectivity index (χ0n) is 9.16. The molecule has 2 rings (SSSR count). The van der Waals surface area contributed by atoms with E-state index in [9.17, 15) is 4.79 Å². The lowest BCUT2D eigenvalue weighted by Crippen LogP contribution is -2.03. The summed E-state index contributed by atoms with van der Waals surface area (Å²) in [6, 6.07) is 7.37. The molecule has 2 aromatic rings. The lowest BCUT2D eigenvalue weighted by molar-refractivity contribution is 0.922. The highest BCUT2D eigenvalue weighted by Crippen LogP contribution is 2.10. The standard InChI is InChI=1S/C13H14N2O/c1-14-7-2-3-10-4-5-12-11(9-10)13(16)6-8-15-12/h2-6,8-9,14H,7H2,1H3,(H,15,16). The van der Waals surface area contributed by atoms with Gasteiger partial charge in [0, 0.05) is 29.7 Å². The Labute approximate surface area is 93.8 Å². The summed E-state index contributed by atoms with van der Waals surface area (Å²) in [7, 11) is 1.90. The summed E-state index contributed by atoms with van der Waals surface area (Å²) >= 11 is 0. The van der Waals surface area contributed by atoms with Crippen molar-refractivity contribution in [3.63, 3.8) is 0 Å². The average Bonchev–Trinajstić information content (AvgIpc) is 2.30. The number of H-pyrrole nitrogens is 1. The SMILES string of the molecule is CNCC=Cc1ccc2[nH]ccc(=O)c2c1. The van der Waals surface area contributed by atoms with Crippen LogP contribution in [0.2, 0.25) is 0 Å². The first kappa shape index (κ1) is 10.6. The van der Waals surface area contributed by atoms with Crippen molar-refractivity contribution in [1.82, 2.24) is 10.3 Å². The lowest BCUT2D eigenvalue weighted by atomic mass is 10.1. The van der Waals surface area contributed by atoms with Crippen LogP contribution in [0.5, 0.6) is 0 Å². The van der Waals surface area contributed by atoms with Crippen LogP contribution in [0.4, 0.5) is 0 Å². The van der Waals surface area contributed by atoms with Crippen molar-refractivity contribution in [2.45, 2.75) is 0 Å².